The van der Waals surface area contributed by atoms with E-state index < -0.39 is 0 Å². The van der Waals surface area contributed by atoms with Crippen LogP contribution in [0.2, 0.25) is 5.02 Å². The molecule has 4 heteroatoms. The lowest BCUT2D eigenvalue weighted by Crippen LogP contribution is -2.27. The second-order valence-electron chi connectivity index (χ2n) is 4.68. The van der Waals surface area contributed by atoms with Crippen LogP contribution in [0.3, 0.4) is 0 Å². The molecule has 2 unspecified atom stereocenters. The fraction of sp³-hybridized carbons (Fsp3) is 0.500. The Labute approximate surface area is 113 Å². The van der Waals surface area contributed by atoms with E-state index in [9.17, 15) is 9.65 Å². The van der Waals surface area contributed by atoms with Gasteiger partial charge < -0.3 is 4.90 Å². The Kier molecular flexibility index (Phi) is 5.13. The molecule has 0 aliphatic carbocycles. The van der Waals surface area contributed by atoms with E-state index in [1.165, 1.54) is 6.07 Å². The Balaban J connectivity index is 3.31. The van der Waals surface area contributed by atoms with Gasteiger partial charge in [-0.2, -0.15) is 5.26 Å². The van der Waals surface area contributed by atoms with E-state index >= 15 is 0 Å². The molecule has 18 heavy (non-hydrogen) atoms. The monoisotopic (exact) mass is 268 g/mol. The zero-order valence-electron chi connectivity index (χ0n) is 11.2. The summed E-state index contributed by atoms with van der Waals surface area (Å²) in [4.78, 5) is 1.91. The molecule has 0 aliphatic rings. The normalized spacial score (nSPS) is 14.3. The predicted octanol–water partition coefficient (Wildman–Crippen LogP) is 3.94. The average molecular weight is 269 g/mol. The molecular weight excluding hydrogens is 251 g/mol. The Morgan fingerprint density at radius 1 is 1.44 bits per heavy atom. The third-order valence-corrected chi connectivity index (χ3v) is 3.47. The molecule has 1 aromatic carbocycles. The molecule has 0 fully saturated rings. The van der Waals surface area contributed by atoms with Crippen molar-refractivity contribution in [1.82, 2.24) is 4.90 Å². The van der Waals surface area contributed by atoms with Gasteiger partial charge in [-0.05, 0) is 50.7 Å². The van der Waals surface area contributed by atoms with E-state index in [1.54, 1.807) is 13.0 Å². The highest BCUT2D eigenvalue weighted by Crippen LogP contribution is 2.34. The molecule has 0 saturated heterocycles. The standard InChI is InChI=1S/C14H18ClFN2/c1-5-10(8-17)14(18(3)4)11-7-13(16)9(2)6-12(11)15/h6-7,10,14H,5H2,1-4H3. The summed E-state index contributed by atoms with van der Waals surface area (Å²) in [5.74, 6) is -0.492. The zero-order chi connectivity index (χ0) is 13.9. The Morgan fingerprint density at radius 3 is 2.50 bits per heavy atom. The molecule has 0 spiro atoms. The minimum absolute atomic E-state index is 0.192. The summed E-state index contributed by atoms with van der Waals surface area (Å²) in [6, 6.07) is 5.14. The second-order valence-corrected chi connectivity index (χ2v) is 5.08. The van der Waals surface area contributed by atoms with Gasteiger partial charge in [0.25, 0.3) is 0 Å². The molecule has 0 radical (unpaired) electrons. The van der Waals surface area contributed by atoms with Gasteiger partial charge in [0.2, 0.25) is 0 Å². The molecule has 0 heterocycles. The van der Waals surface area contributed by atoms with Crippen LogP contribution >= 0.6 is 11.6 Å². The molecular formula is C14H18ClFN2. The second kappa shape index (κ2) is 6.17. The Hall–Kier alpha value is -1.11. The van der Waals surface area contributed by atoms with Crippen molar-refractivity contribution in [2.24, 2.45) is 5.92 Å². The lowest BCUT2D eigenvalue weighted by molar-refractivity contribution is 0.241. The maximum Gasteiger partial charge on any atom is 0.126 e. The van der Waals surface area contributed by atoms with Crippen LogP contribution in [-0.2, 0) is 0 Å². The minimum Gasteiger partial charge on any atom is -0.301 e. The summed E-state index contributed by atoms with van der Waals surface area (Å²) >= 11 is 6.20. The molecule has 1 aromatic rings. The number of rotatable bonds is 4. The number of nitriles is 1. The first-order chi connectivity index (χ1) is 8.42. The van der Waals surface area contributed by atoms with Crippen LogP contribution in [0.5, 0.6) is 0 Å². The number of halogens is 2. The van der Waals surface area contributed by atoms with Gasteiger partial charge in [0, 0.05) is 5.02 Å². The number of benzene rings is 1. The first kappa shape index (κ1) is 14.9. The summed E-state index contributed by atoms with van der Waals surface area (Å²) in [7, 11) is 3.75. The van der Waals surface area contributed by atoms with E-state index in [0.717, 1.165) is 0 Å². The first-order valence-corrected chi connectivity index (χ1v) is 6.31. The first-order valence-electron chi connectivity index (χ1n) is 5.93. The van der Waals surface area contributed by atoms with Crippen LogP contribution in [0.4, 0.5) is 4.39 Å². The number of aryl methyl sites for hydroxylation is 1. The maximum absolute atomic E-state index is 13.7. The van der Waals surface area contributed by atoms with E-state index in [2.05, 4.69) is 6.07 Å². The van der Waals surface area contributed by atoms with Crippen LogP contribution in [0, 0.1) is 30.0 Å². The Morgan fingerprint density at radius 2 is 2.06 bits per heavy atom. The fourth-order valence-corrected chi connectivity index (χ4v) is 2.46. The zero-order valence-corrected chi connectivity index (χ0v) is 11.9. The summed E-state index contributed by atoms with van der Waals surface area (Å²) < 4.78 is 13.7. The summed E-state index contributed by atoms with van der Waals surface area (Å²) in [6.07, 6.45) is 0.700. The fourth-order valence-electron chi connectivity index (χ4n) is 2.13. The van der Waals surface area contributed by atoms with E-state index in [1.807, 2.05) is 25.9 Å². The highest BCUT2D eigenvalue weighted by molar-refractivity contribution is 6.31. The van der Waals surface area contributed by atoms with Crippen molar-refractivity contribution < 1.29 is 4.39 Å². The van der Waals surface area contributed by atoms with Crippen molar-refractivity contribution in [2.45, 2.75) is 26.3 Å². The molecule has 0 saturated carbocycles. The van der Waals surface area contributed by atoms with Gasteiger partial charge in [-0.15, -0.1) is 0 Å². The quantitative estimate of drug-likeness (QED) is 0.827. The van der Waals surface area contributed by atoms with Crippen LogP contribution < -0.4 is 0 Å². The number of hydrogen-bond donors (Lipinski definition) is 0. The summed E-state index contributed by atoms with van der Waals surface area (Å²) in [5, 5.41) is 9.72. The van der Waals surface area contributed by atoms with Gasteiger partial charge in [0.1, 0.15) is 5.82 Å². The lowest BCUT2D eigenvalue weighted by atomic mass is 9.90. The van der Waals surface area contributed by atoms with E-state index in [0.29, 0.717) is 22.6 Å². The SMILES string of the molecule is CCC(C#N)C(c1cc(F)c(C)cc1Cl)N(C)C. The Bertz CT molecular complexity index is 466. The topological polar surface area (TPSA) is 27.0 Å². The third kappa shape index (κ3) is 3.01. The molecule has 1 rings (SSSR count). The number of hydrogen-bond acceptors (Lipinski definition) is 2. The van der Waals surface area contributed by atoms with Crippen molar-refractivity contribution in [3.63, 3.8) is 0 Å². The smallest absolute Gasteiger partial charge is 0.126 e. The van der Waals surface area contributed by atoms with Crippen LogP contribution in [0.15, 0.2) is 12.1 Å². The highest BCUT2D eigenvalue weighted by Gasteiger charge is 2.26. The van der Waals surface area contributed by atoms with Crippen molar-refractivity contribution >= 4 is 11.6 Å². The van der Waals surface area contributed by atoms with Crippen LogP contribution in [0.25, 0.3) is 0 Å². The predicted molar refractivity (Wildman–Crippen MR) is 72.0 cm³/mol. The van der Waals surface area contributed by atoms with E-state index in [-0.39, 0.29) is 17.8 Å². The largest absolute Gasteiger partial charge is 0.301 e. The van der Waals surface area contributed by atoms with Crippen LogP contribution in [-0.4, -0.2) is 19.0 Å². The van der Waals surface area contributed by atoms with Crippen molar-refractivity contribution in [2.75, 3.05) is 14.1 Å². The van der Waals surface area contributed by atoms with Crippen LogP contribution in [0.1, 0.15) is 30.5 Å². The molecule has 0 aliphatic heterocycles. The van der Waals surface area contributed by atoms with Gasteiger partial charge in [0.15, 0.2) is 0 Å². The molecule has 0 N–H and O–H groups in total. The maximum atomic E-state index is 13.7. The van der Waals surface area contributed by atoms with Crippen molar-refractivity contribution in [3.8, 4) is 6.07 Å². The van der Waals surface area contributed by atoms with Gasteiger partial charge in [-0.25, -0.2) is 4.39 Å². The summed E-state index contributed by atoms with van der Waals surface area (Å²) in [5.41, 5.74) is 1.20. The molecule has 2 atom stereocenters. The number of nitrogens with zero attached hydrogens (tertiary/aromatic N) is 2. The minimum atomic E-state index is -0.283. The van der Waals surface area contributed by atoms with Crippen molar-refractivity contribution in [1.29, 1.82) is 5.26 Å². The van der Waals surface area contributed by atoms with Gasteiger partial charge in [0.05, 0.1) is 18.0 Å². The molecule has 0 bridgehead atoms. The third-order valence-electron chi connectivity index (χ3n) is 3.14. The van der Waals surface area contributed by atoms with Gasteiger partial charge in [-0.3, -0.25) is 0 Å². The molecule has 0 amide bonds. The molecule has 98 valence electrons. The highest BCUT2D eigenvalue weighted by atomic mass is 35.5. The molecule has 0 aromatic heterocycles. The lowest BCUT2D eigenvalue weighted by Gasteiger charge is -2.29. The van der Waals surface area contributed by atoms with E-state index in [4.69, 9.17) is 11.6 Å². The van der Waals surface area contributed by atoms with Gasteiger partial charge >= 0.3 is 0 Å². The molecule has 2 nitrogen and oxygen atoms in total. The summed E-state index contributed by atoms with van der Waals surface area (Å²) in [6.45, 7) is 3.63. The van der Waals surface area contributed by atoms with Crippen molar-refractivity contribution in [3.05, 3.63) is 34.1 Å². The van der Waals surface area contributed by atoms with Gasteiger partial charge in [-0.1, -0.05) is 18.5 Å². The average Bonchev–Trinajstić information content (AvgIpc) is 2.31.